The molecule has 116 valence electrons. The first-order valence-electron chi connectivity index (χ1n) is 6.88. The summed E-state index contributed by atoms with van der Waals surface area (Å²) in [6.45, 7) is 3.75. The normalized spacial score (nSPS) is 13.3. The summed E-state index contributed by atoms with van der Waals surface area (Å²) in [6, 6.07) is 5.76. The summed E-state index contributed by atoms with van der Waals surface area (Å²) in [6.07, 6.45) is 1.10. The summed E-state index contributed by atoms with van der Waals surface area (Å²) in [7, 11) is 1.64. The van der Waals surface area contributed by atoms with Crippen LogP contribution in [0.15, 0.2) is 24.3 Å². The van der Waals surface area contributed by atoms with E-state index < -0.39 is 18.0 Å². The number of halogens is 1. The molecule has 2 atom stereocenters. The van der Waals surface area contributed by atoms with Gasteiger partial charge in [-0.25, -0.2) is 9.59 Å². The highest BCUT2D eigenvalue weighted by Gasteiger charge is 2.23. The number of carboxylic acids is 1. The molecule has 0 radical (unpaired) electrons. The average Bonchev–Trinajstić information content (AvgIpc) is 2.45. The van der Waals surface area contributed by atoms with Gasteiger partial charge in [0.05, 0.1) is 6.04 Å². The zero-order valence-corrected chi connectivity index (χ0v) is 13.2. The van der Waals surface area contributed by atoms with E-state index in [0.717, 1.165) is 5.56 Å². The second-order valence-electron chi connectivity index (χ2n) is 4.97. The first-order valence-corrected chi connectivity index (χ1v) is 7.26. The summed E-state index contributed by atoms with van der Waals surface area (Å²) in [5.41, 5.74) is 0.930. The number of carbonyl (C=O) groups is 2. The zero-order valence-electron chi connectivity index (χ0n) is 12.5. The van der Waals surface area contributed by atoms with Crippen molar-refractivity contribution in [2.45, 2.75) is 38.8 Å². The highest BCUT2D eigenvalue weighted by atomic mass is 35.5. The summed E-state index contributed by atoms with van der Waals surface area (Å²) in [4.78, 5) is 24.7. The Labute approximate surface area is 129 Å². The molecular formula is C15H21ClN2O3. The second-order valence-corrected chi connectivity index (χ2v) is 5.40. The van der Waals surface area contributed by atoms with Crippen LogP contribution >= 0.6 is 11.6 Å². The molecule has 0 heterocycles. The highest BCUT2D eigenvalue weighted by molar-refractivity contribution is 6.30. The van der Waals surface area contributed by atoms with Crippen LogP contribution in [0.4, 0.5) is 4.79 Å². The molecule has 0 spiro atoms. The molecule has 2 amide bonds. The van der Waals surface area contributed by atoms with Crippen LogP contribution in [0.2, 0.25) is 5.02 Å². The smallest absolute Gasteiger partial charge is 0.326 e. The standard InChI is InChI=1S/C15H21ClN2O3/c1-4-5-13(14(19)20)17-15(21)18(3)10(2)11-6-8-12(16)9-7-11/h6-10,13H,4-5H2,1-3H3,(H,17,21)(H,19,20). The van der Waals surface area contributed by atoms with Crippen molar-refractivity contribution in [3.8, 4) is 0 Å². The van der Waals surface area contributed by atoms with Gasteiger partial charge in [-0.1, -0.05) is 37.1 Å². The minimum Gasteiger partial charge on any atom is -0.480 e. The molecule has 0 saturated heterocycles. The maximum atomic E-state index is 12.1. The Hall–Kier alpha value is -1.75. The van der Waals surface area contributed by atoms with Gasteiger partial charge in [-0.3, -0.25) is 0 Å². The molecule has 21 heavy (non-hydrogen) atoms. The maximum Gasteiger partial charge on any atom is 0.326 e. The van der Waals surface area contributed by atoms with Gasteiger partial charge in [-0.05, 0) is 31.0 Å². The van der Waals surface area contributed by atoms with Crippen LogP contribution in [-0.4, -0.2) is 35.1 Å². The maximum absolute atomic E-state index is 12.1. The van der Waals surface area contributed by atoms with Gasteiger partial charge < -0.3 is 15.3 Å². The van der Waals surface area contributed by atoms with Crippen molar-refractivity contribution < 1.29 is 14.7 Å². The summed E-state index contributed by atoms with van der Waals surface area (Å²) >= 11 is 5.84. The number of hydrogen-bond acceptors (Lipinski definition) is 2. The van der Waals surface area contributed by atoms with Gasteiger partial charge in [-0.2, -0.15) is 0 Å². The van der Waals surface area contributed by atoms with Crippen molar-refractivity contribution in [2.24, 2.45) is 0 Å². The lowest BCUT2D eigenvalue weighted by Crippen LogP contribution is -2.47. The van der Waals surface area contributed by atoms with E-state index in [1.807, 2.05) is 26.0 Å². The third kappa shape index (κ3) is 4.93. The van der Waals surface area contributed by atoms with Crippen LogP contribution in [0.25, 0.3) is 0 Å². The minimum atomic E-state index is -1.02. The van der Waals surface area contributed by atoms with Crippen LogP contribution in [0.1, 0.15) is 38.3 Å². The molecule has 6 heteroatoms. The topological polar surface area (TPSA) is 69.6 Å². The lowest BCUT2D eigenvalue weighted by Gasteiger charge is -2.27. The van der Waals surface area contributed by atoms with E-state index in [9.17, 15) is 9.59 Å². The molecular weight excluding hydrogens is 292 g/mol. The van der Waals surface area contributed by atoms with Gasteiger partial charge in [-0.15, -0.1) is 0 Å². The predicted molar refractivity (Wildman–Crippen MR) is 82.5 cm³/mol. The van der Waals surface area contributed by atoms with Crippen molar-refractivity contribution in [1.82, 2.24) is 10.2 Å². The van der Waals surface area contributed by atoms with E-state index in [4.69, 9.17) is 16.7 Å². The Morgan fingerprint density at radius 3 is 2.38 bits per heavy atom. The van der Waals surface area contributed by atoms with E-state index >= 15 is 0 Å². The third-order valence-corrected chi connectivity index (χ3v) is 3.68. The molecule has 0 aliphatic rings. The number of carbonyl (C=O) groups excluding carboxylic acids is 1. The number of rotatable bonds is 6. The quantitative estimate of drug-likeness (QED) is 0.846. The number of amides is 2. The molecule has 0 bridgehead atoms. The van der Waals surface area contributed by atoms with Gasteiger partial charge in [0, 0.05) is 12.1 Å². The molecule has 5 nitrogen and oxygen atoms in total. The summed E-state index contributed by atoms with van der Waals surface area (Å²) in [5, 5.41) is 12.2. The van der Waals surface area contributed by atoms with Gasteiger partial charge in [0.2, 0.25) is 0 Å². The third-order valence-electron chi connectivity index (χ3n) is 3.43. The number of urea groups is 1. The first kappa shape index (κ1) is 17.3. The van der Waals surface area contributed by atoms with Gasteiger partial charge in [0.25, 0.3) is 0 Å². The number of aliphatic carboxylic acids is 1. The van der Waals surface area contributed by atoms with E-state index in [1.54, 1.807) is 19.2 Å². The fourth-order valence-corrected chi connectivity index (χ4v) is 2.06. The Bertz CT molecular complexity index is 490. The number of benzene rings is 1. The number of hydrogen-bond donors (Lipinski definition) is 2. The van der Waals surface area contributed by atoms with Crippen LogP contribution in [0.5, 0.6) is 0 Å². The van der Waals surface area contributed by atoms with E-state index in [1.165, 1.54) is 4.90 Å². The second kappa shape index (κ2) is 7.88. The van der Waals surface area contributed by atoms with Crippen molar-refractivity contribution >= 4 is 23.6 Å². The number of nitrogens with one attached hydrogen (secondary N) is 1. The average molecular weight is 313 g/mol. The van der Waals surface area contributed by atoms with Crippen LogP contribution in [0, 0.1) is 0 Å². The van der Waals surface area contributed by atoms with E-state index in [2.05, 4.69) is 5.32 Å². The fraction of sp³-hybridized carbons (Fsp3) is 0.467. The van der Waals surface area contributed by atoms with Crippen LogP contribution in [0.3, 0.4) is 0 Å². The van der Waals surface area contributed by atoms with E-state index in [0.29, 0.717) is 17.9 Å². The van der Waals surface area contributed by atoms with Gasteiger partial charge in [0.1, 0.15) is 6.04 Å². The molecule has 1 aromatic carbocycles. The molecule has 2 unspecified atom stereocenters. The Balaban J connectivity index is 2.72. The first-order chi connectivity index (χ1) is 9.86. The van der Waals surface area contributed by atoms with Gasteiger partial charge >= 0.3 is 12.0 Å². The Morgan fingerprint density at radius 1 is 1.33 bits per heavy atom. The molecule has 2 N–H and O–H groups in total. The molecule has 0 aliphatic heterocycles. The number of carboxylic acid groups (broad SMARTS) is 1. The molecule has 1 aromatic rings. The molecule has 1 rings (SSSR count). The minimum absolute atomic E-state index is 0.182. The molecule has 0 aromatic heterocycles. The molecule has 0 fully saturated rings. The van der Waals surface area contributed by atoms with Crippen molar-refractivity contribution in [3.63, 3.8) is 0 Å². The van der Waals surface area contributed by atoms with Crippen molar-refractivity contribution in [2.75, 3.05) is 7.05 Å². The van der Waals surface area contributed by atoms with Crippen LogP contribution < -0.4 is 5.32 Å². The molecule has 0 saturated carbocycles. The lowest BCUT2D eigenvalue weighted by molar-refractivity contribution is -0.139. The Kier molecular flexibility index (Phi) is 6.49. The predicted octanol–water partition coefficient (Wildman–Crippen LogP) is 3.30. The van der Waals surface area contributed by atoms with Crippen molar-refractivity contribution in [3.05, 3.63) is 34.9 Å². The number of nitrogens with zero attached hydrogens (tertiary/aromatic N) is 1. The molecule has 0 aliphatic carbocycles. The zero-order chi connectivity index (χ0) is 16.0. The largest absolute Gasteiger partial charge is 0.480 e. The fourth-order valence-electron chi connectivity index (χ4n) is 1.94. The van der Waals surface area contributed by atoms with Gasteiger partial charge in [0.15, 0.2) is 0 Å². The van der Waals surface area contributed by atoms with Crippen molar-refractivity contribution in [1.29, 1.82) is 0 Å². The monoisotopic (exact) mass is 312 g/mol. The highest BCUT2D eigenvalue weighted by Crippen LogP contribution is 2.20. The summed E-state index contributed by atoms with van der Waals surface area (Å²) in [5.74, 6) is -1.02. The Morgan fingerprint density at radius 2 is 1.90 bits per heavy atom. The van der Waals surface area contributed by atoms with E-state index in [-0.39, 0.29) is 6.04 Å². The van der Waals surface area contributed by atoms with Crippen LogP contribution in [-0.2, 0) is 4.79 Å². The lowest BCUT2D eigenvalue weighted by atomic mass is 10.1. The SMILES string of the molecule is CCCC(NC(=O)N(C)C(C)c1ccc(Cl)cc1)C(=O)O. The summed E-state index contributed by atoms with van der Waals surface area (Å²) < 4.78 is 0.